The number of imide groups is 1. The summed E-state index contributed by atoms with van der Waals surface area (Å²) in [5.41, 5.74) is 3.57. The Balaban J connectivity index is 1.09. The Morgan fingerprint density at radius 1 is 0.977 bits per heavy atom. The first-order valence-electron chi connectivity index (χ1n) is 16.3. The van der Waals surface area contributed by atoms with Crippen molar-refractivity contribution in [2.75, 3.05) is 26.2 Å². The first kappa shape index (κ1) is 32.6. The van der Waals surface area contributed by atoms with E-state index >= 15 is 0 Å². The monoisotopic (exact) mass is 623 g/mol. The average Bonchev–Trinajstić information content (AvgIpc) is 3.40. The number of hydrogen-bond acceptors (Lipinski definition) is 5. The van der Waals surface area contributed by atoms with E-state index < -0.39 is 0 Å². The van der Waals surface area contributed by atoms with Gasteiger partial charge in [0.1, 0.15) is 10.5 Å². The van der Waals surface area contributed by atoms with E-state index in [4.69, 9.17) is 0 Å². The summed E-state index contributed by atoms with van der Waals surface area (Å²) in [7, 11) is 0. The molecule has 9 heteroatoms. The number of aromatic hydroxyl groups is 1. The molecule has 240 valence electrons. The Bertz CT molecular complexity index is 1400. The lowest BCUT2D eigenvalue weighted by Gasteiger charge is -2.39. The minimum absolute atomic E-state index is 0.0160. The molecule has 1 aromatic carbocycles. The van der Waals surface area contributed by atoms with Gasteiger partial charge in [-0.2, -0.15) is 0 Å². The summed E-state index contributed by atoms with van der Waals surface area (Å²) >= 11 is 1.26. The molecule has 2 aromatic rings. The molecule has 0 spiro atoms. The molecule has 3 heterocycles. The van der Waals surface area contributed by atoms with Crippen molar-refractivity contribution >= 4 is 40.4 Å². The molecule has 0 unspecified atom stereocenters. The Morgan fingerprint density at radius 3 is 2.25 bits per heavy atom. The second-order valence-corrected chi connectivity index (χ2v) is 17.4. The summed E-state index contributed by atoms with van der Waals surface area (Å²) in [6.45, 7) is 17.4. The molecule has 3 amide bonds. The van der Waals surface area contributed by atoms with E-state index in [-0.39, 0.29) is 39.7 Å². The quantitative estimate of drug-likeness (QED) is 0.194. The van der Waals surface area contributed by atoms with Crippen molar-refractivity contribution in [1.82, 2.24) is 20.1 Å². The van der Waals surface area contributed by atoms with Crippen LogP contribution in [0.2, 0.25) is 0 Å². The van der Waals surface area contributed by atoms with E-state index in [1.54, 1.807) is 0 Å². The van der Waals surface area contributed by atoms with Crippen LogP contribution in [-0.2, 0) is 39.1 Å². The number of likely N-dealkylation sites (tertiary alicyclic amines) is 1. The summed E-state index contributed by atoms with van der Waals surface area (Å²) < 4.78 is 0.129. The number of H-pyrrole nitrogens is 1. The summed E-state index contributed by atoms with van der Waals surface area (Å²) in [6.07, 6.45) is 7.94. The topological polar surface area (TPSA) is 106 Å². The fourth-order valence-electron chi connectivity index (χ4n) is 6.89. The van der Waals surface area contributed by atoms with Crippen molar-refractivity contribution in [3.05, 3.63) is 35.4 Å². The van der Waals surface area contributed by atoms with Gasteiger partial charge in [0.05, 0.1) is 5.52 Å². The van der Waals surface area contributed by atoms with E-state index in [0.717, 1.165) is 62.7 Å². The number of carbonyl (C=O) groups excluding carboxylic acids is 3. The maximum atomic E-state index is 12.8. The molecule has 5 rings (SSSR count). The molecule has 3 aliphatic rings. The fourth-order valence-corrected chi connectivity index (χ4v) is 8.06. The van der Waals surface area contributed by atoms with Gasteiger partial charge in [0.25, 0.3) is 11.8 Å². The smallest absolute Gasteiger partial charge is 0.253 e. The Labute approximate surface area is 266 Å². The van der Waals surface area contributed by atoms with Crippen LogP contribution in [-0.4, -0.2) is 68.5 Å². The van der Waals surface area contributed by atoms with Crippen LogP contribution in [0, 0.1) is 23.2 Å². The molecule has 1 saturated carbocycles. The first-order chi connectivity index (χ1) is 20.7. The highest BCUT2D eigenvalue weighted by Crippen LogP contribution is 2.38. The highest BCUT2D eigenvalue weighted by Gasteiger charge is 2.34. The zero-order valence-corrected chi connectivity index (χ0v) is 28.2. The number of fused-ring (bicyclic) bond motifs is 1. The van der Waals surface area contributed by atoms with Crippen molar-refractivity contribution < 1.29 is 19.5 Å². The lowest BCUT2D eigenvalue weighted by atomic mass is 9.81. The van der Waals surface area contributed by atoms with Crippen LogP contribution < -0.4 is 5.32 Å². The van der Waals surface area contributed by atoms with E-state index in [1.807, 2.05) is 6.07 Å². The molecule has 8 nitrogen and oxygen atoms in total. The minimum atomic E-state index is -0.224. The van der Waals surface area contributed by atoms with E-state index in [1.165, 1.54) is 44.8 Å². The number of nitrogens with one attached hydrogen (secondary N) is 2. The Kier molecular flexibility index (Phi) is 9.57. The number of carbonyl (C=O) groups is 3. The van der Waals surface area contributed by atoms with Crippen LogP contribution in [0.25, 0.3) is 10.9 Å². The van der Waals surface area contributed by atoms with Gasteiger partial charge in [-0.05, 0) is 88.7 Å². The number of hydrogen-bond donors (Lipinski definition) is 3. The van der Waals surface area contributed by atoms with Crippen LogP contribution in [0.1, 0.15) is 84.8 Å². The van der Waals surface area contributed by atoms with E-state index in [0.29, 0.717) is 31.3 Å². The number of thiol groups is 1. The van der Waals surface area contributed by atoms with Crippen LogP contribution in [0.3, 0.4) is 0 Å². The first-order valence-corrected chi connectivity index (χ1v) is 17.2. The standard InChI is InChI=1S/C35H50N4O4S/c1-34(2,3)17-26-25-11-12-28(40)27(31(25)37-33(26)44-35(4,5)6)21-38-18-23(19-38)15-16-36-32(43)24-9-7-22(8-10-24)20-39-29(41)13-14-30(39)42/h11-14,22-24,37,40H,7-10,15-21H2,1-6H3,(H,36,43)/p+1. The third kappa shape index (κ3) is 7.89. The highest BCUT2D eigenvalue weighted by molar-refractivity contribution is 7.80. The largest absolute Gasteiger partial charge is 0.508 e. The molecule has 3 N–H and O–H groups in total. The van der Waals surface area contributed by atoms with Gasteiger partial charge in [-0.1, -0.05) is 20.8 Å². The summed E-state index contributed by atoms with van der Waals surface area (Å²) in [6, 6.07) is 3.94. The average molecular weight is 624 g/mol. The van der Waals surface area contributed by atoms with Gasteiger partial charge in [0, 0.05) is 79.1 Å². The SMILES string of the molecule is CC(C)(C)Cc1c([SH+]C(C)(C)C)[nH]c2c(CN3CC(CCNC(=O)C4CCC(CN5C(=O)C=CC5=O)CC4)C3)c(O)ccc12. The normalized spacial score (nSPS) is 21.8. The van der Waals surface area contributed by atoms with E-state index in [9.17, 15) is 19.5 Å². The maximum absolute atomic E-state index is 12.8. The molecule has 0 bridgehead atoms. The third-order valence-corrected chi connectivity index (χ3v) is 10.4. The predicted molar refractivity (Wildman–Crippen MR) is 178 cm³/mol. The molecule has 1 aliphatic carbocycles. The van der Waals surface area contributed by atoms with Crippen molar-refractivity contribution in [2.45, 2.75) is 96.4 Å². The van der Waals surface area contributed by atoms with Gasteiger partial charge < -0.3 is 15.4 Å². The molecule has 0 atom stereocenters. The molecule has 0 radical (unpaired) electrons. The summed E-state index contributed by atoms with van der Waals surface area (Å²) in [5.74, 6) is 0.860. The minimum Gasteiger partial charge on any atom is -0.508 e. The van der Waals surface area contributed by atoms with Gasteiger partial charge in [-0.25, -0.2) is 0 Å². The van der Waals surface area contributed by atoms with Crippen LogP contribution in [0.15, 0.2) is 29.3 Å². The number of rotatable bonds is 10. The lowest BCUT2D eigenvalue weighted by molar-refractivity contribution is -0.138. The number of phenols is 1. The number of benzene rings is 1. The zero-order chi connectivity index (χ0) is 31.8. The van der Waals surface area contributed by atoms with Crippen molar-refractivity contribution in [3.8, 4) is 5.75 Å². The lowest BCUT2D eigenvalue weighted by Crippen LogP contribution is -2.47. The number of phenolic OH excluding ortho intramolecular Hbond substituents is 1. The zero-order valence-electron chi connectivity index (χ0n) is 27.3. The van der Waals surface area contributed by atoms with Gasteiger partial charge >= 0.3 is 0 Å². The molecule has 2 fully saturated rings. The second-order valence-electron chi connectivity index (χ2n) is 15.4. The van der Waals surface area contributed by atoms with Crippen molar-refractivity contribution in [1.29, 1.82) is 0 Å². The molecule has 2 aliphatic heterocycles. The summed E-state index contributed by atoms with van der Waals surface area (Å²) in [5, 5.41) is 16.6. The van der Waals surface area contributed by atoms with Crippen molar-refractivity contribution in [2.24, 2.45) is 23.2 Å². The maximum Gasteiger partial charge on any atom is 0.253 e. The van der Waals surface area contributed by atoms with Gasteiger partial charge in [-0.3, -0.25) is 24.2 Å². The second kappa shape index (κ2) is 12.9. The molecular formula is C35H51N4O4S+. The van der Waals surface area contributed by atoms with Crippen molar-refractivity contribution in [3.63, 3.8) is 0 Å². The number of aromatic amines is 1. The van der Waals surface area contributed by atoms with Gasteiger partial charge in [0.2, 0.25) is 10.9 Å². The molecule has 1 aromatic heterocycles. The Morgan fingerprint density at radius 2 is 1.64 bits per heavy atom. The van der Waals surface area contributed by atoms with Crippen LogP contribution in [0.4, 0.5) is 0 Å². The highest BCUT2D eigenvalue weighted by atomic mass is 32.2. The van der Waals surface area contributed by atoms with Crippen LogP contribution >= 0.6 is 0 Å². The predicted octanol–water partition coefficient (Wildman–Crippen LogP) is 5.10. The van der Waals surface area contributed by atoms with Crippen LogP contribution in [0.5, 0.6) is 5.75 Å². The fraction of sp³-hybridized carbons (Fsp3) is 0.629. The number of amides is 3. The number of nitrogens with zero attached hydrogens (tertiary/aromatic N) is 2. The summed E-state index contributed by atoms with van der Waals surface area (Å²) in [4.78, 5) is 44.0. The van der Waals surface area contributed by atoms with E-state index in [2.05, 4.69) is 62.8 Å². The molecule has 44 heavy (non-hydrogen) atoms. The molecule has 1 saturated heterocycles. The van der Waals surface area contributed by atoms with Gasteiger partial charge in [-0.15, -0.1) is 0 Å². The molecular weight excluding hydrogens is 572 g/mol. The Hall–Kier alpha value is -2.78. The number of aromatic nitrogens is 1. The van der Waals surface area contributed by atoms with Gasteiger partial charge in [0.15, 0.2) is 0 Å². The third-order valence-electron chi connectivity index (χ3n) is 9.12.